The lowest BCUT2D eigenvalue weighted by Crippen LogP contribution is -2.21. The highest BCUT2D eigenvalue weighted by Crippen LogP contribution is 2.19. The van der Waals surface area contributed by atoms with Crippen LogP contribution < -0.4 is 11.1 Å². The summed E-state index contributed by atoms with van der Waals surface area (Å²) in [4.78, 5) is 12.1. The van der Waals surface area contributed by atoms with E-state index < -0.39 is 5.79 Å². The fourth-order valence-corrected chi connectivity index (χ4v) is 1.77. The molecular weight excluding hydrogens is 256 g/mol. The average molecular weight is 272 g/mol. The molecule has 0 aliphatic rings. The molecule has 0 aliphatic carbocycles. The molecule has 0 bridgehead atoms. The van der Waals surface area contributed by atoms with Gasteiger partial charge in [0.1, 0.15) is 0 Å². The van der Waals surface area contributed by atoms with Gasteiger partial charge in [-0.3, -0.25) is 4.79 Å². The number of nitrogens with one attached hydrogen (secondary N) is 1. The summed E-state index contributed by atoms with van der Waals surface area (Å²) in [5.41, 5.74) is 7.35. The van der Waals surface area contributed by atoms with E-state index in [0.717, 1.165) is 0 Å². The number of hydrogen-bond donors (Lipinski definition) is 4. The van der Waals surface area contributed by atoms with Gasteiger partial charge in [0.15, 0.2) is 5.79 Å². The van der Waals surface area contributed by atoms with Gasteiger partial charge in [-0.05, 0) is 37.3 Å². The number of nitrogen functional groups attached to an aromatic ring is 1. The second kappa shape index (κ2) is 5.32. The molecule has 0 unspecified atom stereocenters. The largest absolute Gasteiger partial charge is 0.399 e. The molecule has 0 aromatic heterocycles. The van der Waals surface area contributed by atoms with Gasteiger partial charge < -0.3 is 21.3 Å². The number of benzene rings is 2. The zero-order valence-corrected chi connectivity index (χ0v) is 11.0. The molecule has 2 aromatic rings. The van der Waals surface area contributed by atoms with Crippen LogP contribution in [-0.2, 0) is 5.79 Å². The molecule has 1 amide bonds. The summed E-state index contributed by atoms with van der Waals surface area (Å²) in [5, 5.41) is 21.8. The van der Waals surface area contributed by atoms with Gasteiger partial charge in [0.25, 0.3) is 5.91 Å². The molecule has 0 aliphatic heterocycles. The summed E-state index contributed by atoms with van der Waals surface area (Å²) in [6.07, 6.45) is 0. The van der Waals surface area contributed by atoms with Crippen molar-refractivity contribution in [2.45, 2.75) is 12.7 Å². The monoisotopic (exact) mass is 272 g/mol. The molecule has 5 heteroatoms. The number of rotatable bonds is 3. The standard InChI is InChI=1S/C15H16N2O3/c1-15(19,20)11-5-2-4-10(8-11)14(18)17-13-7-3-6-12(16)9-13/h2-9,19-20H,16H2,1H3,(H,17,18). The minimum Gasteiger partial charge on any atom is -0.399 e. The molecule has 0 heterocycles. The van der Waals surface area contributed by atoms with Crippen molar-refractivity contribution in [3.05, 3.63) is 59.7 Å². The Kier molecular flexibility index (Phi) is 3.74. The quantitative estimate of drug-likeness (QED) is 0.505. The van der Waals surface area contributed by atoms with Crippen LogP contribution in [0, 0.1) is 0 Å². The molecular formula is C15H16N2O3. The van der Waals surface area contributed by atoms with Crippen molar-refractivity contribution in [2.24, 2.45) is 0 Å². The lowest BCUT2D eigenvalue weighted by Gasteiger charge is -2.17. The minimum atomic E-state index is -1.98. The minimum absolute atomic E-state index is 0.248. The number of carbonyl (C=O) groups excluding carboxylic acids is 1. The Morgan fingerprint density at radius 1 is 1.15 bits per heavy atom. The lowest BCUT2D eigenvalue weighted by molar-refractivity contribution is -0.152. The van der Waals surface area contributed by atoms with E-state index in [-0.39, 0.29) is 11.5 Å². The number of amides is 1. The fourth-order valence-electron chi connectivity index (χ4n) is 1.77. The molecule has 104 valence electrons. The van der Waals surface area contributed by atoms with E-state index in [4.69, 9.17) is 5.73 Å². The van der Waals surface area contributed by atoms with Crippen molar-refractivity contribution in [1.82, 2.24) is 0 Å². The first-order valence-corrected chi connectivity index (χ1v) is 6.08. The van der Waals surface area contributed by atoms with Crippen LogP contribution in [0.1, 0.15) is 22.8 Å². The van der Waals surface area contributed by atoms with E-state index >= 15 is 0 Å². The molecule has 0 radical (unpaired) electrons. The van der Waals surface area contributed by atoms with Crippen LogP contribution in [0.3, 0.4) is 0 Å². The van der Waals surface area contributed by atoms with Gasteiger partial charge in [0.05, 0.1) is 0 Å². The molecule has 0 atom stereocenters. The summed E-state index contributed by atoms with van der Waals surface area (Å²) in [5.74, 6) is -2.32. The summed E-state index contributed by atoms with van der Waals surface area (Å²) in [7, 11) is 0. The van der Waals surface area contributed by atoms with Crippen molar-refractivity contribution < 1.29 is 15.0 Å². The van der Waals surface area contributed by atoms with Crippen LogP contribution >= 0.6 is 0 Å². The predicted molar refractivity (Wildman–Crippen MR) is 77.0 cm³/mol. The Hall–Kier alpha value is -2.37. The summed E-state index contributed by atoms with van der Waals surface area (Å²) < 4.78 is 0. The maximum atomic E-state index is 12.1. The van der Waals surface area contributed by atoms with E-state index in [2.05, 4.69) is 5.32 Å². The van der Waals surface area contributed by atoms with Crippen LogP contribution in [0.4, 0.5) is 11.4 Å². The molecule has 5 N–H and O–H groups in total. The molecule has 0 spiro atoms. The van der Waals surface area contributed by atoms with E-state index in [1.54, 1.807) is 36.4 Å². The third kappa shape index (κ3) is 3.34. The highest BCUT2D eigenvalue weighted by atomic mass is 16.5. The van der Waals surface area contributed by atoms with Crippen LogP contribution in [0.15, 0.2) is 48.5 Å². The third-order valence-corrected chi connectivity index (χ3v) is 2.82. The Bertz CT molecular complexity index is 633. The normalized spacial score (nSPS) is 11.2. The van der Waals surface area contributed by atoms with Crippen molar-refractivity contribution in [2.75, 3.05) is 11.1 Å². The van der Waals surface area contributed by atoms with Gasteiger partial charge in [-0.15, -0.1) is 0 Å². The molecule has 2 rings (SSSR count). The highest BCUT2D eigenvalue weighted by molar-refractivity contribution is 6.04. The van der Waals surface area contributed by atoms with Crippen LogP contribution in [0.5, 0.6) is 0 Å². The maximum Gasteiger partial charge on any atom is 0.255 e. The first-order valence-electron chi connectivity index (χ1n) is 6.08. The first kappa shape index (κ1) is 14.0. The molecule has 0 fully saturated rings. The summed E-state index contributed by atoms with van der Waals surface area (Å²) >= 11 is 0. The third-order valence-electron chi connectivity index (χ3n) is 2.82. The lowest BCUT2D eigenvalue weighted by atomic mass is 10.0. The number of carbonyl (C=O) groups is 1. The van der Waals surface area contributed by atoms with Gasteiger partial charge in [0.2, 0.25) is 0 Å². The Morgan fingerprint density at radius 3 is 2.50 bits per heavy atom. The van der Waals surface area contributed by atoms with Crippen molar-refractivity contribution in [1.29, 1.82) is 0 Å². The summed E-state index contributed by atoms with van der Waals surface area (Å²) in [6.45, 7) is 1.24. The highest BCUT2D eigenvalue weighted by Gasteiger charge is 2.19. The second-order valence-corrected chi connectivity index (χ2v) is 4.68. The van der Waals surface area contributed by atoms with Gasteiger partial charge in [-0.2, -0.15) is 0 Å². The maximum absolute atomic E-state index is 12.1. The number of anilines is 2. The smallest absolute Gasteiger partial charge is 0.255 e. The van der Waals surface area contributed by atoms with E-state index in [1.807, 2.05) is 0 Å². The average Bonchev–Trinajstić information content (AvgIpc) is 2.38. The van der Waals surface area contributed by atoms with Gasteiger partial charge in [-0.25, -0.2) is 0 Å². The number of aliphatic hydroxyl groups is 2. The summed E-state index contributed by atoms with van der Waals surface area (Å²) in [6, 6.07) is 13.0. The van der Waals surface area contributed by atoms with Crippen molar-refractivity contribution in [3.63, 3.8) is 0 Å². The van der Waals surface area contributed by atoms with Gasteiger partial charge in [-0.1, -0.05) is 18.2 Å². The fraction of sp³-hybridized carbons (Fsp3) is 0.133. The topological polar surface area (TPSA) is 95.6 Å². The van der Waals surface area contributed by atoms with Crippen molar-refractivity contribution >= 4 is 17.3 Å². The van der Waals surface area contributed by atoms with Crippen LogP contribution in [0.2, 0.25) is 0 Å². The van der Waals surface area contributed by atoms with Crippen molar-refractivity contribution in [3.8, 4) is 0 Å². The second-order valence-electron chi connectivity index (χ2n) is 4.68. The molecule has 0 saturated carbocycles. The van der Waals surface area contributed by atoms with E-state index in [9.17, 15) is 15.0 Å². The zero-order valence-electron chi connectivity index (χ0n) is 11.0. The molecule has 0 saturated heterocycles. The Balaban J connectivity index is 2.22. The zero-order chi connectivity index (χ0) is 14.8. The first-order chi connectivity index (χ1) is 9.36. The van der Waals surface area contributed by atoms with E-state index in [0.29, 0.717) is 16.9 Å². The van der Waals surface area contributed by atoms with Gasteiger partial charge >= 0.3 is 0 Å². The Labute approximate surface area is 116 Å². The van der Waals surface area contributed by atoms with E-state index in [1.165, 1.54) is 19.1 Å². The molecule has 5 nitrogen and oxygen atoms in total. The molecule has 2 aromatic carbocycles. The number of nitrogens with two attached hydrogens (primary N) is 1. The number of hydrogen-bond acceptors (Lipinski definition) is 4. The Morgan fingerprint density at radius 2 is 1.85 bits per heavy atom. The van der Waals surface area contributed by atoms with Crippen LogP contribution in [0.25, 0.3) is 0 Å². The molecule has 20 heavy (non-hydrogen) atoms. The SMILES string of the molecule is CC(O)(O)c1cccc(C(=O)Nc2cccc(N)c2)c1. The predicted octanol–water partition coefficient (Wildman–Crippen LogP) is 1.68. The van der Waals surface area contributed by atoms with Crippen LogP contribution in [-0.4, -0.2) is 16.1 Å². The van der Waals surface area contributed by atoms with Gasteiger partial charge in [0, 0.05) is 22.5 Å².